The Morgan fingerprint density at radius 1 is 1.12 bits per heavy atom. The van der Waals surface area contributed by atoms with Gasteiger partial charge in [0, 0.05) is 15.9 Å². The molecule has 0 atom stereocenters. The minimum absolute atomic E-state index is 0.0368. The van der Waals surface area contributed by atoms with E-state index in [2.05, 4.69) is 4.98 Å². The van der Waals surface area contributed by atoms with Crippen LogP contribution in [-0.4, -0.2) is 25.0 Å². The van der Waals surface area contributed by atoms with Crippen LogP contribution in [0.2, 0.25) is 5.02 Å². The van der Waals surface area contributed by atoms with E-state index in [1.54, 1.807) is 54.6 Å². The lowest BCUT2D eigenvalue weighted by Gasteiger charge is -2.00. The number of ketones is 1. The van der Waals surface area contributed by atoms with Crippen molar-refractivity contribution in [2.24, 2.45) is 0 Å². The third kappa shape index (κ3) is 3.26. The number of nitrogens with one attached hydrogen (secondary N) is 1. The molecular formula is C18H11BClF2NO. The van der Waals surface area contributed by atoms with Crippen molar-refractivity contribution >= 4 is 53.7 Å². The minimum atomic E-state index is -3.08. The molecule has 1 heterocycles. The molecule has 2 radical (unpaired) electrons. The fourth-order valence-corrected chi connectivity index (χ4v) is 2.61. The number of alkyl halides is 2. The van der Waals surface area contributed by atoms with Crippen molar-refractivity contribution in [2.75, 3.05) is 0 Å². The largest absolute Gasteiger partial charge is 0.354 e. The average Bonchev–Trinajstić information content (AvgIpc) is 2.90. The first-order valence-corrected chi connectivity index (χ1v) is 7.50. The van der Waals surface area contributed by atoms with Crippen molar-refractivity contribution in [3.8, 4) is 0 Å². The van der Waals surface area contributed by atoms with Crippen LogP contribution in [0.1, 0.15) is 21.6 Å². The summed E-state index contributed by atoms with van der Waals surface area (Å²) >= 11 is 5.83. The maximum atomic E-state index is 13.0. The van der Waals surface area contributed by atoms with E-state index in [-0.39, 0.29) is 5.56 Å². The van der Waals surface area contributed by atoms with Crippen molar-refractivity contribution in [1.29, 1.82) is 0 Å². The van der Waals surface area contributed by atoms with Crippen LogP contribution >= 0.6 is 11.6 Å². The van der Waals surface area contributed by atoms with Crippen molar-refractivity contribution in [2.45, 2.75) is 6.43 Å². The molecule has 0 aliphatic carbocycles. The van der Waals surface area contributed by atoms with E-state index in [0.29, 0.717) is 27.1 Å². The van der Waals surface area contributed by atoms with Crippen LogP contribution in [0, 0.1) is 0 Å². The summed E-state index contributed by atoms with van der Waals surface area (Å²) in [5.74, 6) is -1.22. The van der Waals surface area contributed by atoms with Crippen LogP contribution in [0.25, 0.3) is 23.1 Å². The van der Waals surface area contributed by atoms with E-state index < -0.39 is 12.2 Å². The normalized spacial score (nSPS) is 11.7. The molecule has 118 valence electrons. The van der Waals surface area contributed by atoms with E-state index in [1.165, 1.54) is 0 Å². The predicted molar refractivity (Wildman–Crippen MR) is 94.4 cm³/mol. The molecule has 0 saturated heterocycles. The van der Waals surface area contributed by atoms with Gasteiger partial charge in [0.2, 0.25) is 5.78 Å². The molecule has 0 spiro atoms. The second-order valence-electron chi connectivity index (χ2n) is 5.27. The highest BCUT2D eigenvalue weighted by atomic mass is 35.5. The van der Waals surface area contributed by atoms with Crippen molar-refractivity contribution in [3.63, 3.8) is 0 Å². The molecule has 0 aliphatic heterocycles. The Morgan fingerprint density at radius 2 is 1.83 bits per heavy atom. The number of aromatic nitrogens is 1. The maximum absolute atomic E-state index is 13.0. The first-order valence-electron chi connectivity index (χ1n) is 7.13. The third-order valence-electron chi connectivity index (χ3n) is 3.61. The Labute approximate surface area is 143 Å². The average molecular weight is 342 g/mol. The number of hydrogen-bond donors (Lipinski definition) is 1. The van der Waals surface area contributed by atoms with Gasteiger partial charge in [-0.2, -0.15) is 0 Å². The summed E-state index contributed by atoms with van der Waals surface area (Å²) in [5.41, 5.74) is 2.12. The summed E-state index contributed by atoms with van der Waals surface area (Å²) in [6.45, 7) is 0. The van der Waals surface area contributed by atoms with Gasteiger partial charge in [-0.05, 0) is 29.8 Å². The summed E-state index contributed by atoms with van der Waals surface area (Å²) in [4.78, 5) is 14.9. The lowest BCUT2D eigenvalue weighted by Crippen LogP contribution is -2.11. The summed E-state index contributed by atoms with van der Waals surface area (Å²) in [6, 6.07) is 11.8. The molecule has 2 aromatic carbocycles. The van der Waals surface area contributed by atoms with Crippen LogP contribution in [-0.2, 0) is 0 Å². The highest BCUT2D eigenvalue weighted by molar-refractivity contribution is 6.33. The third-order valence-corrected chi connectivity index (χ3v) is 3.86. The number of H-pyrrole nitrogens is 1. The predicted octanol–water partition coefficient (Wildman–Crippen LogP) is 4.23. The Kier molecular flexibility index (Phi) is 4.54. The number of carbonyl (C=O) groups excluding carboxylic acids is 1. The van der Waals surface area contributed by atoms with Crippen molar-refractivity contribution in [1.82, 2.24) is 4.98 Å². The first-order chi connectivity index (χ1) is 11.5. The Hall–Kier alpha value is -2.40. The fourth-order valence-electron chi connectivity index (χ4n) is 2.49. The van der Waals surface area contributed by atoms with Crippen molar-refractivity contribution in [3.05, 3.63) is 64.3 Å². The van der Waals surface area contributed by atoms with Crippen LogP contribution in [0.3, 0.4) is 0 Å². The van der Waals surface area contributed by atoms with Crippen LogP contribution < -0.4 is 5.46 Å². The quantitative estimate of drug-likeness (QED) is 0.559. The molecule has 1 aromatic heterocycles. The minimum Gasteiger partial charge on any atom is -0.354 e. The lowest BCUT2D eigenvalue weighted by atomic mass is 9.94. The number of carbonyl (C=O) groups is 1. The standard InChI is InChI=1S/C18H11BClF2NO/c19-11-4-7-13-15(9-11)23-14(16(13)17(24)18(21)22)8-3-10-1-5-12(20)6-2-10/h1-9,18,23H/b8-3+. The second-order valence-corrected chi connectivity index (χ2v) is 5.70. The number of fused-ring (bicyclic) bond motifs is 1. The van der Waals surface area contributed by atoms with E-state index in [9.17, 15) is 13.6 Å². The highest BCUT2D eigenvalue weighted by Crippen LogP contribution is 2.26. The maximum Gasteiger partial charge on any atom is 0.300 e. The van der Waals surface area contributed by atoms with E-state index in [0.717, 1.165) is 5.56 Å². The van der Waals surface area contributed by atoms with Crippen LogP contribution in [0.5, 0.6) is 0 Å². The van der Waals surface area contributed by atoms with Gasteiger partial charge in [-0.3, -0.25) is 4.79 Å². The first kappa shape index (κ1) is 16.5. The van der Waals surface area contributed by atoms with E-state index in [4.69, 9.17) is 19.4 Å². The second kappa shape index (κ2) is 6.61. The molecular weight excluding hydrogens is 330 g/mol. The van der Waals surface area contributed by atoms with E-state index >= 15 is 0 Å². The zero-order valence-electron chi connectivity index (χ0n) is 12.4. The molecule has 0 aliphatic rings. The molecule has 2 nitrogen and oxygen atoms in total. The van der Waals surface area contributed by atoms with E-state index in [1.807, 2.05) is 0 Å². The molecule has 3 rings (SSSR count). The van der Waals surface area contributed by atoms with Gasteiger partial charge in [-0.1, -0.05) is 47.4 Å². The number of hydrogen-bond acceptors (Lipinski definition) is 1. The Morgan fingerprint density at radius 3 is 2.50 bits per heavy atom. The van der Waals surface area contributed by atoms with Gasteiger partial charge in [-0.25, -0.2) is 8.78 Å². The Balaban J connectivity index is 2.10. The summed E-state index contributed by atoms with van der Waals surface area (Å²) in [6.07, 6.45) is 0.228. The summed E-state index contributed by atoms with van der Waals surface area (Å²) in [7, 11) is 5.71. The monoisotopic (exact) mass is 341 g/mol. The molecule has 0 saturated carbocycles. The smallest absolute Gasteiger partial charge is 0.300 e. The number of rotatable bonds is 4. The molecule has 1 N–H and O–H groups in total. The van der Waals surface area contributed by atoms with Gasteiger partial charge < -0.3 is 4.98 Å². The van der Waals surface area contributed by atoms with Gasteiger partial charge in [-0.15, -0.1) is 0 Å². The van der Waals surface area contributed by atoms with Crippen LogP contribution in [0.4, 0.5) is 8.78 Å². The number of benzene rings is 2. The number of halogens is 3. The van der Waals surface area contributed by atoms with Gasteiger partial charge >= 0.3 is 6.43 Å². The highest BCUT2D eigenvalue weighted by Gasteiger charge is 2.24. The van der Waals surface area contributed by atoms with Crippen molar-refractivity contribution < 1.29 is 13.6 Å². The molecule has 0 unspecified atom stereocenters. The topological polar surface area (TPSA) is 32.9 Å². The lowest BCUT2D eigenvalue weighted by molar-refractivity contribution is 0.0680. The van der Waals surface area contributed by atoms with Gasteiger partial charge in [0.05, 0.1) is 11.3 Å². The number of Topliss-reactive ketones (excluding diaryl/α,β-unsaturated/α-hetero) is 1. The molecule has 3 aromatic rings. The molecule has 0 bridgehead atoms. The number of aromatic amines is 1. The van der Waals surface area contributed by atoms with Gasteiger partial charge in [0.25, 0.3) is 0 Å². The molecule has 0 fully saturated rings. The molecule has 6 heteroatoms. The SMILES string of the molecule is [B]c1ccc2c(C(=O)C(F)F)c(/C=C/c3ccc(Cl)cc3)[nH]c2c1. The molecule has 0 amide bonds. The molecule has 24 heavy (non-hydrogen) atoms. The Bertz CT molecular complexity index is 932. The fraction of sp³-hybridized carbons (Fsp3) is 0.0556. The van der Waals surface area contributed by atoms with Gasteiger partial charge in [0.15, 0.2) is 0 Å². The van der Waals surface area contributed by atoms with Crippen LogP contribution in [0.15, 0.2) is 42.5 Å². The summed E-state index contributed by atoms with van der Waals surface area (Å²) < 4.78 is 25.9. The zero-order valence-corrected chi connectivity index (χ0v) is 13.1. The summed E-state index contributed by atoms with van der Waals surface area (Å²) in [5, 5.41) is 1.02. The van der Waals surface area contributed by atoms with Gasteiger partial charge in [0.1, 0.15) is 7.85 Å². The zero-order chi connectivity index (χ0) is 17.3.